The molecular weight excluding hydrogens is 293 g/mol. The third kappa shape index (κ3) is 2.68. The zero-order chi connectivity index (χ0) is 14.3. The van der Waals surface area contributed by atoms with Gasteiger partial charge >= 0.3 is 0 Å². The number of rotatable bonds is 3. The summed E-state index contributed by atoms with van der Waals surface area (Å²) >= 11 is 11.9. The predicted octanol–water partition coefficient (Wildman–Crippen LogP) is 4.39. The van der Waals surface area contributed by atoms with E-state index in [1.807, 2.05) is 24.1 Å². The van der Waals surface area contributed by atoms with E-state index in [1.54, 1.807) is 6.07 Å². The van der Waals surface area contributed by atoms with E-state index in [1.165, 1.54) is 19.3 Å². The van der Waals surface area contributed by atoms with Gasteiger partial charge in [0.05, 0.1) is 10.0 Å². The van der Waals surface area contributed by atoms with Crippen LogP contribution in [0.4, 0.5) is 0 Å². The Morgan fingerprint density at radius 1 is 1.25 bits per heavy atom. The highest BCUT2D eigenvalue weighted by Gasteiger charge is 2.43. The SMILES string of the molecule is CN(Cc1ccc(Cl)c(Cl)c1)C(=O)C1CC2CCC1C2. The number of hydrogen-bond donors (Lipinski definition) is 0. The van der Waals surface area contributed by atoms with Crippen LogP contribution in [0.2, 0.25) is 10.0 Å². The second kappa shape index (κ2) is 5.57. The normalized spacial score (nSPS) is 27.9. The Morgan fingerprint density at radius 2 is 2.05 bits per heavy atom. The first-order chi connectivity index (χ1) is 9.54. The molecule has 3 atom stereocenters. The summed E-state index contributed by atoms with van der Waals surface area (Å²) in [4.78, 5) is 14.4. The van der Waals surface area contributed by atoms with Gasteiger partial charge in [0, 0.05) is 19.5 Å². The van der Waals surface area contributed by atoms with Gasteiger partial charge in [0.25, 0.3) is 0 Å². The van der Waals surface area contributed by atoms with Gasteiger partial charge in [0.2, 0.25) is 5.91 Å². The first-order valence-electron chi connectivity index (χ1n) is 7.23. The number of carbonyl (C=O) groups is 1. The van der Waals surface area contributed by atoms with Crippen LogP contribution >= 0.6 is 23.2 Å². The highest BCUT2D eigenvalue weighted by atomic mass is 35.5. The second-order valence-corrected chi connectivity index (χ2v) is 7.04. The minimum absolute atomic E-state index is 0.251. The summed E-state index contributed by atoms with van der Waals surface area (Å²) in [7, 11) is 1.89. The molecule has 2 saturated carbocycles. The molecule has 2 aliphatic rings. The molecule has 0 N–H and O–H groups in total. The zero-order valence-electron chi connectivity index (χ0n) is 11.6. The van der Waals surface area contributed by atoms with Crippen molar-refractivity contribution in [1.82, 2.24) is 4.90 Å². The van der Waals surface area contributed by atoms with Crippen LogP contribution < -0.4 is 0 Å². The molecule has 20 heavy (non-hydrogen) atoms. The lowest BCUT2D eigenvalue weighted by molar-refractivity contribution is -0.136. The Balaban J connectivity index is 1.65. The fraction of sp³-hybridized carbons (Fsp3) is 0.562. The maximum absolute atomic E-state index is 12.6. The molecule has 2 fully saturated rings. The number of carbonyl (C=O) groups excluding carboxylic acids is 1. The Kier molecular flexibility index (Phi) is 3.96. The molecule has 4 heteroatoms. The molecule has 0 heterocycles. The molecule has 1 aromatic carbocycles. The summed E-state index contributed by atoms with van der Waals surface area (Å²) in [6.07, 6.45) is 4.92. The van der Waals surface area contributed by atoms with Crippen LogP contribution in [0.1, 0.15) is 31.2 Å². The minimum Gasteiger partial charge on any atom is -0.341 e. The van der Waals surface area contributed by atoms with Gasteiger partial charge in [0.15, 0.2) is 0 Å². The molecule has 1 amide bonds. The largest absolute Gasteiger partial charge is 0.341 e. The van der Waals surface area contributed by atoms with E-state index in [0.717, 1.165) is 17.9 Å². The molecular formula is C16H19Cl2NO. The van der Waals surface area contributed by atoms with Crippen molar-refractivity contribution >= 4 is 29.1 Å². The van der Waals surface area contributed by atoms with Crippen LogP contribution in [0.5, 0.6) is 0 Å². The summed E-state index contributed by atoms with van der Waals surface area (Å²) in [5.74, 6) is 1.97. The fourth-order valence-electron chi connectivity index (χ4n) is 3.82. The van der Waals surface area contributed by atoms with Gasteiger partial charge in [-0.15, -0.1) is 0 Å². The van der Waals surface area contributed by atoms with Crippen LogP contribution in [-0.4, -0.2) is 17.9 Å². The summed E-state index contributed by atoms with van der Waals surface area (Å²) in [6, 6.07) is 5.56. The lowest BCUT2D eigenvalue weighted by Crippen LogP contribution is -2.35. The van der Waals surface area contributed by atoms with Crippen LogP contribution in [-0.2, 0) is 11.3 Å². The van der Waals surface area contributed by atoms with E-state index in [-0.39, 0.29) is 5.92 Å². The third-order valence-electron chi connectivity index (χ3n) is 4.84. The average molecular weight is 312 g/mol. The second-order valence-electron chi connectivity index (χ2n) is 6.22. The fourth-order valence-corrected chi connectivity index (χ4v) is 4.14. The predicted molar refractivity (Wildman–Crippen MR) is 81.9 cm³/mol. The van der Waals surface area contributed by atoms with E-state index < -0.39 is 0 Å². The first-order valence-corrected chi connectivity index (χ1v) is 7.99. The number of nitrogens with zero attached hydrogens (tertiary/aromatic N) is 1. The Morgan fingerprint density at radius 3 is 2.65 bits per heavy atom. The van der Waals surface area contributed by atoms with Crippen molar-refractivity contribution in [2.24, 2.45) is 17.8 Å². The molecule has 0 saturated heterocycles. The minimum atomic E-state index is 0.251. The van der Waals surface area contributed by atoms with Gasteiger partial charge in [-0.1, -0.05) is 35.7 Å². The van der Waals surface area contributed by atoms with Gasteiger partial charge in [-0.05, 0) is 48.8 Å². The molecule has 1 aromatic rings. The first kappa shape index (κ1) is 14.2. The van der Waals surface area contributed by atoms with Crippen LogP contribution in [0.15, 0.2) is 18.2 Å². The average Bonchev–Trinajstić information content (AvgIpc) is 3.04. The molecule has 0 aromatic heterocycles. The lowest BCUT2D eigenvalue weighted by Gasteiger charge is -2.26. The van der Waals surface area contributed by atoms with Crippen molar-refractivity contribution in [3.8, 4) is 0 Å². The molecule has 0 radical (unpaired) electrons. The number of benzene rings is 1. The molecule has 2 aliphatic carbocycles. The van der Waals surface area contributed by atoms with Crippen molar-refractivity contribution in [2.75, 3.05) is 7.05 Å². The van der Waals surface area contributed by atoms with E-state index in [2.05, 4.69) is 0 Å². The zero-order valence-corrected chi connectivity index (χ0v) is 13.1. The number of hydrogen-bond acceptors (Lipinski definition) is 1. The van der Waals surface area contributed by atoms with Crippen molar-refractivity contribution in [1.29, 1.82) is 0 Å². The molecule has 3 unspecified atom stereocenters. The molecule has 0 spiro atoms. The van der Waals surface area contributed by atoms with Crippen molar-refractivity contribution in [2.45, 2.75) is 32.2 Å². The summed E-state index contributed by atoms with van der Waals surface area (Å²) in [6.45, 7) is 0.601. The summed E-state index contributed by atoms with van der Waals surface area (Å²) < 4.78 is 0. The highest BCUT2D eigenvalue weighted by Crippen LogP contribution is 2.48. The van der Waals surface area contributed by atoms with Crippen LogP contribution in [0.25, 0.3) is 0 Å². The Labute approximate surface area is 130 Å². The van der Waals surface area contributed by atoms with E-state index >= 15 is 0 Å². The number of amides is 1. The topological polar surface area (TPSA) is 20.3 Å². The third-order valence-corrected chi connectivity index (χ3v) is 5.57. The smallest absolute Gasteiger partial charge is 0.226 e. The summed E-state index contributed by atoms with van der Waals surface area (Å²) in [5, 5.41) is 1.10. The van der Waals surface area contributed by atoms with Crippen LogP contribution in [0.3, 0.4) is 0 Å². The maximum Gasteiger partial charge on any atom is 0.226 e. The van der Waals surface area contributed by atoms with E-state index in [9.17, 15) is 4.79 Å². The summed E-state index contributed by atoms with van der Waals surface area (Å²) in [5.41, 5.74) is 1.03. The van der Waals surface area contributed by atoms with Crippen molar-refractivity contribution in [3.05, 3.63) is 33.8 Å². The molecule has 3 rings (SSSR count). The Bertz CT molecular complexity index is 531. The van der Waals surface area contributed by atoms with Crippen molar-refractivity contribution < 1.29 is 4.79 Å². The van der Waals surface area contributed by atoms with E-state index in [4.69, 9.17) is 23.2 Å². The van der Waals surface area contributed by atoms with Crippen LogP contribution in [0, 0.1) is 17.8 Å². The monoisotopic (exact) mass is 311 g/mol. The van der Waals surface area contributed by atoms with Gasteiger partial charge < -0.3 is 4.90 Å². The lowest BCUT2D eigenvalue weighted by atomic mass is 9.88. The van der Waals surface area contributed by atoms with Gasteiger partial charge in [0.1, 0.15) is 0 Å². The number of fused-ring (bicyclic) bond motifs is 2. The highest BCUT2D eigenvalue weighted by molar-refractivity contribution is 6.42. The molecule has 2 bridgehead atoms. The maximum atomic E-state index is 12.6. The van der Waals surface area contributed by atoms with Gasteiger partial charge in [-0.2, -0.15) is 0 Å². The van der Waals surface area contributed by atoms with Gasteiger partial charge in [-0.3, -0.25) is 4.79 Å². The Hall–Kier alpha value is -0.730. The quantitative estimate of drug-likeness (QED) is 0.810. The molecule has 0 aliphatic heterocycles. The molecule has 108 valence electrons. The van der Waals surface area contributed by atoms with Gasteiger partial charge in [-0.25, -0.2) is 0 Å². The van der Waals surface area contributed by atoms with E-state index in [0.29, 0.717) is 28.4 Å². The standard InChI is InChI=1S/C16H19Cl2NO/c1-19(9-11-3-5-14(17)15(18)8-11)16(20)13-7-10-2-4-12(13)6-10/h3,5,8,10,12-13H,2,4,6-7,9H2,1H3. The van der Waals surface area contributed by atoms with Crippen molar-refractivity contribution in [3.63, 3.8) is 0 Å². The molecule has 2 nitrogen and oxygen atoms in total. The number of halogens is 2.